The molecule has 2 aliphatic heterocycles. The van der Waals surface area contributed by atoms with Crippen molar-refractivity contribution >= 4 is 61.9 Å². The number of carbonyl (C=O) groups excluding carboxylic acids is 3. The number of methoxy groups -OCH3 is 1. The van der Waals surface area contributed by atoms with Crippen LogP contribution in [0.5, 0.6) is 5.75 Å². The fourth-order valence-electron chi connectivity index (χ4n) is 4.20. The molecule has 5 rings (SSSR count). The molecule has 0 radical (unpaired) electrons. The van der Waals surface area contributed by atoms with Crippen LogP contribution in [0.1, 0.15) is 19.3 Å². The largest absolute Gasteiger partial charge is 0.497 e. The first-order chi connectivity index (χ1) is 16.5. The number of aromatic nitrogens is 1. The number of para-hydroxylation sites is 1. The zero-order valence-corrected chi connectivity index (χ0v) is 20.3. The van der Waals surface area contributed by atoms with E-state index in [4.69, 9.17) is 4.74 Å². The molecule has 0 bridgehead atoms. The van der Waals surface area contributed by atoms with Crippen LogP contribution in [0, 0.1) is 0 Å². The molecule has 2 aromatic carbocycles. The molecule has 0 spiro atoms. The first-order valence-electron chi connectivity index (χ1n) is 11.1. The normalized spacial score (nSPS) is 18.0. The number of likely N-dealkylation sites (tertiary alicyclic amines) is 1. The molecule has 0 saturated carbocycles. The Bertz CT molecular complexity index is 1250. The second kappa shape index (κ2) is 9.63. The monoisotopic (exact) mass is 496 g/mol. The van der Waals surface area contributed by atoms with Crippen LogP contribution in [0.15, 0.2) is 47.4 Å². The number of carbonyl (C=O) groups is 3. The van der Waals surface area contributed by atoms with Gasteiger partial charge in [-0.2, -0.15) is 0 Å². The molecule has 1 aromatic heterocycles. The molecule has 1 saturated heterocycles. The van der Waals surface area contributed by atoms with Crippen molar-refractivity contribution in [3.05, 3.63) is 42.5 Å². The minimum atomic E-state index is -0.879. The maximum absolute atomic E-state index is 13.4. The van der Waals surface area contributed by atoms with Gasteiger partial charge in [-0.3, -0.25) is 14.4 Å². The Morgan fingerprint density at radius 3 is 2.74 bits per heavy atom. The van der Waals surface area contributed by atoms with Crippen molar-refractivity contribution in [2.45, 2.75) is 29.4 Å². The molecular formula is C24H24N4O4S2. The lowest BCUT2D eigenvalue weighted by molar-refractivity contribution is -0.135. The first-order valence-corrected chi connectivity index (χ1v) is 12.8. The van der Waals surface area contributed by atoms with E-state index >= 15 is 0 Å². The standard InChI is InChI=1S/C24H24N4O4S2/c1-32-15-9-10-16-19(13-15)34-24(25-16)26-20(29)14-28-17-7-3-4-8-18(17)33-21(23(28)31)22(30)27-11-5-2-6-12-27/h3-4,7-10,13,21H,2,5-6,11-12,14H2,1H3,(H,25,26,29)/t21-/m0/s1. The van der Waals surface area contributed by atoms with Crippen LogP contribution < -0.4 is 15.0 Å². The van der Waals surface area contributed by atoms with Gasteiger partial charge < -0.3 is 19.9 Å². The Hall–Kier alpha value is -3.11. The number of benzene rings is 2. The number of hydrogen-bond donors (Lipinski definition) is 1. The number of thiazole rings is 1. The summed E-state index contributed by atoms with van der Waals surface area (Å²) in [6.07, 6.45) is 3.01. The highest BCUT2D eigenvalue weighted by Crippen LogP contribution is 2.40. The molecule has 2 aliphatic rings. The van der Waals surface area contributed by atoms with Gasteiger partial charge in [0.15, 0.2) is 10.4 Å². The summed E-state index contributed by atoms with van der Waals surface area (Å²) in [4.78, 5) is 48.0. The number of thioether (sulfide) groups is 1. The third-order valence-corrected chi connectivity index (χ3v) is 8.10. The fourth-order valence-corrected chi connectivity index (χ4v) is 6.30. The second-order valence-electron chi connectivity index (χ2n) is 8.18. The number of amides is 3. The maximum Gasteiger partial charge on any atom is 0.250 e. The van der Waals surface area contributed by atoms with E-state index in [0.717, 1.165) is 34.4 Å². The summed E-state index contributed by atoms with van der Waals surface area (Å²) in [6, 6.07) is 12.9. The van der Waals surface area contributed by atoms with Crippen LogP contribution in [-0.4, -0.2) is 59.6 Å². The number of nitrogens with zero attached hydrogens (tertiary/aromatic N) is 3. The third kappa shape index (κ3) is 4.47. The highest BCUT2D eigenvalue weighted by molar-refractivity contribution is 8.01. The molecule has 1 N–H and O–H groups in total. The van der Waals surface area contributed by atoms with Gasteiger partial charge in [0.2, 0.25) is 11.8 Å². The van der Waals surface area contributed by atoms with Crippen molar-refractivity contribution in [2.75, 3.05) is 37.0 Å². The van der Waals surface area contributed by atoms with Crippen molar-refractivity contribution < 1.29 is 19.1 Å². The zero-order chi connectivity index (χ0) is 23.7. The highest BCUT2D eigenvalue weighted by Gasteiger charge is 2.41. The van der Waals surface area contributed by atoms with Crippen molar-refractivity contribution in [2.24, 2.45) is 0 Å². The highest BCUT2D eigenvalue weighted by atomic mass is 32.2. The van der Waals surface area contributed by atoms with Gasteiger partial charge in [-0.25, -0.2) is 4.98 Å². The van der Waals surface area contributed by atoms with Gasteiger partial charge in [0.05, 0.1) is 23.0 Å². The summed E-state index contributed by atoms with van der Waals surface area (Å²) in [5, 5.41) is 2.37. The number of anilines is 2. The number of fused-ring (bicyclic) bond motifs is 2. The lowest BCUT2D eigenvalue weighted by atomic mass is 10.1. The second-order valence-corrected chi connectivity index (χ2v) is 10.4. The SMILES string of the molecule is COc1ccc2nc(NC(=O)CN3C(=O)[C@H](C(=O)N4CCCCC4)Sc4ccccc43)sc2c1. The summed E-state index contributed by atoms with van der Waals surface area (Å²) in [6.45, 7) is 1.15. The topological polar surface area (TPSA) is 91.8 Å². The van der Waals surface area contributed by atoms with Crippen LogP contribution in [0.4, 0.5) is 10.8 Å². The van der Waals surface area contributed by atoms with Gasteiger partial charge in [-0.1, -0.05) is 23.5 Å². The van der Waals surface area contributed by atoms with E-state index in [9.17, 15) is 14.4 Å². The Morgan fingerprint density at radius 1 is 1.15 bits per heavy atom. The average molecular weight is 497 g/mol. The molecule has 0 aliphatic carbocycles. The van der Waals surface area contributed by atoms with Crippen LogP contribution in [0.3, 0.4) is 0 Å². The Kier molecular flexibility index (Phi) is 6.42. The van der Waals surface area contributed by atoms with E-state index in [-0.39, 0.29) is 24.3 Å². The van der Waals surface area contributed by atoms with Crippen molar-refractivity contribution in [1.82, 2.24) is 9.88 Å². The Morgan fingerprint density at radius 2 is 1.94 bits per heavy atom. The van der Waals surface area contributed by atoms with Gasteiger partial charge in [-0.15, -0.1) is 11.8 Å². The summed E-state index contributed by atoms with van der Waals surface area (Å²) in [7, 11) is 1.60. The number of nitrogens with one attached hydrogen (secondary N) is 1. The molecule has 34 heavy (non-hydrogen) atoms. The van der Waals surface area contributed by atoms with Crippen molar-refractivity contribution in [1.29, 1.82) is 0 Å². The fraction of sp³-hybridized carbons (Fsp3) is 0.333. The predicted octanol–water partition coefficient (Wildman–Crippen LogP) is 3.76. The lowest BCUT2D eigenvalue weighted by Gasteiger charge is -2.36. The number of piperidine rings is 1. The summed E-state index contributed by atoms with van der Waals surface area (Å²) < 4.78 is 6.13. The Labute approximate surface area is 205 Å². The molecular weight excluding hydrogens is 472 g/mol. The number of ether oxygens (including phenoxy) is 1. The molecule has 3 aromatic rings. The molecule has 1 atom stereocenters. The molecule has 8 nitrogen and oxygen atoms in total. The number of rotatable bonds is 5. The molecule has 3 amide bonds. The maximum atomic E-state index is 13.4. The summed E-state index contributed by atoms with van der Waals surface area (Å²) in [5.74, 6) is -0.185. The minimum absolute atomic E-state index is 0.172. The summed E-state index contributed by atoms with van der Waals surface area (Å²) in [5.41, 5.74) is 1.40. The van der Waals surface area contributed by atoms with Crippen LogP contribution in [-0.2, 0) is 14.4 Å². The van der Waals surface area contributed by atoms with E-state index in [1.54, 1.807) is 18.1 Å². The van der Waals surface area contributed by atoms with E-state index < -0.39 is 5.25 Å². The molecule has 3 heterocycles. The molecule has 176 valence electrons. The van der Waals surface area contributed by atoms with Crippen LogP contribution in [0.25, 0.3) is 10.2 Å². The van der Waals surface area contributed by atoms with Crippen molar-refractivity contribution in [3.8, 4) is 5.75 Å². The molecule has 1 fully saturated rings. The first kappa shape index (κ1) is 22.7. The van der Waals surface area contributed by atoms with E-state index in [1.807, 2.05) is 36.4 Å². The van der Waals surface area contributed by atoms with E-state index in [1.165, 1.54) is 28.0 Å². The predicted molar refractivity (Wildman–Crippen MR) is 134 cm³/mol. The van der Waals surface area contributed by atoms with Crippen molar-refractivity contribution in [3.63, 3.8) is 0 Å². The van der Waals surface area contributed by atoms with Crippen LogP contribution >= 0.6 is 23.1 Å². The smallest absolute Gasteiger partial charge is 0.250 e. The zero-order valence-electron chi connectivity index (χ0n) is 18.7. The van der Waals surface area contributed by atoms with Crippen LogP contribution in [0.2, 0.25) is 0 Å². The summed E-state index contributed by atoms with van der Waals surface area (Å²) >= 11 is 2.61. The van der Waals surface area contributed by atoms with Gasteiger partial charge in [0.1, 0.15) is 12.3 Å². The Balaban J connectivity index is 1.35. The third-order valence-electron chi connectivity index (χ3n) is 5.93. The minimum Gasteiger partial charge on any atom is -0.497 e. The van der Waals surface area contributed by atoms with Gasteiger partial charge in [-0.05, 0) is 49.6 Å². The molecule has 0 unspecified atom stereocenters. The van der Waals surface area contributed by atoms with Gasteiger partial charge >= 0.3 is 0 Å². The van der Waals surface area contributed by atoms with E-state index in [0.29, 0.717) is 29.7 Å². The van der Waals surface area contributed by atoms with E-state index in [2.05, 4.69) is 10.3 Å². The number of hydrogen-bond acceptors (Lipinski definition) is 7. The van der Waals surface area contributed by atoms with Gasteiger partial charge in [0.25, 0.3) is 5.91 Å². The molecule has 10 heteroatoms. The van der Waals surface area contributed by atoms with Gasteiger partial charge in [0, 0.05) is 18.0 Å². The quantitative estimate of drug-likeness (QED) is 0.541. The average Bonchev–Trinajstić information content (AvgIpc) is 3.26. The lowest BCUT2D eigenvalue weighted by Crippen LogP contribution is -2.52.